The van der Waals surface area contributed by atoms with Gasteiger partial charge in [0.2, 0.25) is 0 Å². The van der Waals surface area contributed by atoms with Gasteiger partial charge in [-0.2, -0.15) is 4.31 Å². The van der Waals surface area contributed by atoms with Gasteiger partial charge >= 0.3 is 15.6 Å². The smallest absolute Gasteiger partial charge is 0.328 e. The molecule has 2 atom stereocenters. The predicted molar refractivity (Wildman–Crippen MR) is 47.5 cm³/mol. The number of phosphoric ester groups is 2. The van der Waals surface area contributed by atoms with Crippen LogP contribution in [0.15, 0.2) is 0 Å². The summed E-state index contributed by atoms with van der Waals surface area (Å²) in [5, 5.41) is 0. The molecule has 0 aliphatic rings. The summed E-state index contributed by atoms with van der Waals surface area (Å²) in [5.41, 5.74) is 5.07. The molecule has 0 aromatic carbocycles. The zero-order valence-corrected chi connectivity index (χ0v) is 9.57. The normalized spacial score (nSPS) is 20.0. The van der Waals surface area contributed by atoms with E-state index in [-0.39, 0.29) is 13.2 Å². The van der Waals surface area contributed by atoms with Gasteiger partial charge in [-0.15, -0.1) is 0 Å². The van der Waals surface area contributed by atoms with Crippen molar-refractivity contribution in [3.63, 3.8) is 0 Å². The van der Waals surface area contributed by atoms with E-state index >= 15 is 0 Å². The van der Waals surface area contributed by atoms with Crippen LogP contribution < -0.4 is 5.73 Å². The van der Waals surface area contributed by atoms with Crippen molar-refractivity contribution < 1.29 is 31.9 Å². The van der Waals surface area contributed by atoms with Gasteiger partial charge in [-0.05, 0) is 0 Å². The highest BCUT2D eigenvalue weighted by molar-refractivity contribution is 7.61. The predicted octanol–water partition coefficient (Wildman–Crippen LogP) is 0.480. The van der Waals surface area contributed by atoms with Crippen LogP contribution in [-0.4, -0.2) is 32.3 Å². The quantitative estimate of drug-likeness (QED) is 0.625. The average Bonchev–Trinajstić information content (AvgIpc) is 2.14. The second-order valence-corrected chi connectivity index (χ2v) is 5.46. The van der Waals surface area contributed by atoms with Gasteiger partial charge in [0.05, 0.1) is 6.61 Å². The van der Waals surface area contributed by atoms with E-state index in [1.165, 1.54) is 0 Å². The molecule has 0 rings (SSSR count). The third-order valence-corrected chi connectivity index (χ3v) is 4.06. The Labute approximate surface area is 81.5 Å². The van der Waals surface area contributed by atoms with E-state index in [1.807, 2.05) is 0 Å². The monoisotopic (exact) mass is 249 g/mol. The molecule has 86 valence electrons. The number of phosphoric acid groups is 2. The van der Waals surface area contributed by atoms with Crippen LogP contribution in [-0.2, 0) is 27.0 Å². The Morgan fingerprint density at radius 3 is 2.21 bits per heavy atom. The maximum Gasteiger partial charge on any atom is 0.483 e. The van der Waals surface area contributed by atoms with Crippen LogP contribution in [0, 0.1) is 0 Å². The van der Waals surface area contributed by atoms with Gasteiger partial charge in [0.15, 0.2) is 0 Å². The Bertz CT molecular complexity index is 256. The van der Waals surface area contributed by atoms with E-state index in [0.29, 0.717) is 0 Å². The number of hydrogen-bond donors (Lipinski definition) is 2. The van der Waals surface area contributed by atoms with Crippen molar-refractivity contribution in [3.05, 3.63) is 0 Å². The molecule has 2 unspecified atom stereocenters. The Hall–Kier alpha value is 0.220. The summed E-state index contributed by atoms with van der Waals surface area (Å²) in [5.74, 6) is 0. The molecule has 8 nitrogen and oxygen atoms in total. The topological polar surface area (TPSA) is 117 Å². The molecule has 0 amide bonds. The van der Waals surface area contributed by atoms with Crippen LogP contribution >= 0.6 is 15.6 Å². The molecule has 0 aliphatic carbocycles. The van der Waals surface area contributed by atoms with Gasteiger partial charge in [-0.25, -0.2) is 9.13 Å². The minimum Gasteiger partial charge on any atom is -0.328 e. The number of nitrogens with two attached hydrogens (primary N) is 1. The summed E-state index contributed by atoms with van der Waals surface area (Å²) in [6, 6.07) is 0. The van der Waals surface area contributed by atoms with Crippen molar-refractivity contribution in [1.82, 2.24) is 0 Å². The van der Waals surface area contributed by atoms with Crippen molar-refractivity contribution in [2.45, 2.75) is 0 Å². The van der Waals surface area contributed by atoms with E-state index < -0.39 is 15.6 Å². The zero-order valence-electron chi connectivity index (χ0n) is 7.78. The lowest BCUT2D eigenvalue weighted by atomic mass is 10.8. The first-order valence-corrected chi connectivity index (χ1v) is 6.45. The van der Waals surface area contributed by atoms with Gasteiger partial charge in [0.25, 0.3) is 0 Å². The molecule has 0 saturated heterocycles. The second kappa shape index (κ2) is 5.95. The maximum atomic E-state index is 11.4. The lowest BCUT2D eigenvalue weighted by Crippen LogP contribution is -2.08. The van der Waals surface area contributed by atoms with Crippen molar-refractivity contribution in [2.24, 2.45) is 5.73 Å². The molecule has 0 aromatic rings. The summed E-state index contributed by atoms with van der Waals surface area (Å²) in [7, 11) is -6.55. The summed E-state index contributed by atoms with van der Waals surface area (Å²) in [6.07, 6.45) is 0. The first-order valence-electron chi connectivity index (χ1n) is 3.49. The first-order chi connectivity index (χ1) is 6.39. The molecule has 0 heterocycles. The highest BCUT2D eigenvalue weighted by Crippen LogP contribution is 2.62. The average molecular weight is 249 g/mol. The highest BCUT2D eigenvalue weighted by Gasteiger charge is 2.36. The zero-order chi connectivity index (χ0) is 11.2. The van der Waals surface area contributed by atoms with Crippen LogP contribution in [0.2, 0.25) is 0 Å². The van der Waals surface area contributed by atoms with Gasteiger partial charge in [-0.3, -0.25) is 13.6 Å². The van der Waals surface area contributed by atoms with E-state index in [0.717, 1.165) is 14.2 Å². The molecule has 3 N–H and O–H groups in total. The van der Waals surface area contributed by atoms with Gasteiger partial charge in [0.1, 0.15) is 0 Å². The third-order valence-electron chi connectivity index (χ3n) is 1.02. The second-order valence-electron chi connectivity index (χ2n) is 1.98. The van der Waals surface area contributed by atoms with Crippen molar-refractivity contribution in [3.8, 4) is 0 Å². The van der Waals surface area contributed by atoms with Crippen molar-refractivity contribution >= 4 is 15.6 Å². The Morgan fingerprint density at radius 2 is 1.86 bits per heavy atom. The fourth-order valence-corrected chi connectivity index (χ4v) is 2.60. The molecule has 0 spiro atoms. The van der Waals surface area contributed by atoms with Gasteiger partial charge in [0, 0.05) is 20.8 Å². The minimum absolute atomic E-state index is 0.0689. The Morgan fingerprint density at radius 1 is 1.29 bits per heavy atom. The number of hydrogen-bond acceptors (Lipinski definition) is 7. The lowest BCUT2D eigenvalue weighted by molar-refractivity contribution is 0.154. The SMILES string of the molecule is COP(=O)(O)OP(=O)(OC)OCCN. The maximum absolute atomic E-state index is 11.4. The van der Waals surface area contributed by atoms with Crippen molar-refractivity contribution in [1.29, 1.82) is 0 Å². The van der Waals surface area contributed by atoms with E-state index in [9.17, 15) is 9.13 Å². The standard InChI is InChI=1S/C4H13NO7P2/c1-9-13(6,7)12-14(8,10-2)11-4-3-5/h3-5H2,1-2H3,(H,6,7). The van der Waals surface area contributed by atoms with E-state index in [4.69, 9.17) is 10.6 Å². The third kappa shape index (κ3) is 5.19. The lowest BCUT2D eigenvalue weighted by Gasteiger charge is -2.16. The Kier molecular flexibility index (Phi) is 6.04. The molecular weight excluding hydrogens is 236 g/mol. The van der Waals surface area contributed by atoms with Gasteiger partial charge in [-0.1, -0.05) is 0 Å². The molecule has 0 aromatic heterocycles. The molecule has 14 heavy (non-hydrogen) atoms. The van der Waals surface area contributed by atoms with Crippen molar-refractivity contribution in [2.75, 3.05) is 27.4 Å². The molecule has 0 saturated carbocycles. The van der Waals surface area contributed by atoms with E-state index in [2.05, 4.69) is 17.9 Å². The summed E-state index contributed by atoms with van der Waals surface area (Å²) in [6.45, 7) is -0.0613. The van der Waals surface area contributed by atoms with Crippen LogP contribution in [0.5, 0.6) is 0 Å². The molecule has 0 radical (unpaired) electrons. The van der Waals surface area contributed by atoms with Crippen LogP contribution in [0.25, 0.3) is 0 Å². The van der Waals surface area contributed by atoms with Crippen LogP contribution in [0.1, 0.15) is 0 Å². The fraction of sp³-hybridized carbons (Fsp3) is 1.00. The first kappa shape index (κ1) is 14.2. The fourth-order valence-electron chi connectivity index (χ4n) is 0.434. The highest BCUT2D eigenvalue weighted by atomic mass is 31.3. The summed E-state index contributed by atoms with van der Waals surface area (Å²) in [4.78, 5) is 8.84. The van der Waals surface area contributed by atoms with E-state index in [1.54, 1.807) is 0 Å². The number of rotatable bonds is 7. The summed E-state index contributed by atoms with van der Waals surface area (Å²) >= 11 is 0. The molecule has 0 aliphatic heterocycles. The molecule has 0 fully saturated rings. The summed E-state index contributed by atoms with van der Waals surface area (Å²) < 4.78 is 39.3. The Balaban J connectivity index is 4.40. The molecule has 0 bridgehead atoms. The molecular formula is C4H13NO7P2. The molecule has 10 heteroatoms. The van der Waals surface area contributed by atoms with Gasteiger partial charge < -0.3 is 10.6 Å². The van der Waals surface area contributed by atoms with Crippen LogP contribution in [0.4, 0.5) is 0 Å². The van der Waals surface area contributed by atoms with Crippen LogP contribution in [0.3, 0.4) is 0 Å². The largest absolute Gasteiger partial charge is 0.483 e. The minimum atomic E-state index is -4.41.